The Labute approximate surface area is 249 Å². The average Bonchev–Trinajstić information content (AvgIpc) is 2.97. The summed E-state index contributed by atoms with van der Waals surface area (Å²) in [6, 6.07) is 19.3. The van der Waals surface area contributed by atoms with Gasteiger partial charge >= 0.3 is 6.03 Å². The Kier molecular flexibility index (Phi) is 10.5. The van der Waals surface area contributed by atoms with Crippen LogP contribution in [0.3, 0.4) is 0 Å². The molecule has 2 N–H and O–H groups in total. The normalized spacial score (nSPS) is 20.2. The molecule has 0 aliphatic carbocycles. The first kappa shape index (κ1) is 31.0. The quantitative estimate of drug-likeness (QED) is 0.416. The van der Waals surface area contributed by atoms with E-state index in [0.717, 1.165) is 24.3 Å². The predicted octanol–water partition coefficient (Wildman–Crippen LogP) is 5.28. The highest BCUT2D eigenvalue weighted by atomic mass is 16.5. The SMILES string of the molecule is CO[C@H]1CN(C)C(=O)c2ccc(NC(=O)NC(C)C)cc2OC[C@H](C)N(Cc2ccc(-c3ccccn3)cc2)C[C@@H]1C. The van der Waals surface area contributed by atoms with Crippen molar-refractivity contribution in [2.45, 2.75) is 52.4 Å². The molecule has 9 heteroatoms. The Hall–Kier alpha value is -3.95. The second kappa shape index (κ2) is 14.3. The number of nitrogens with one attached hydrogen (secondary N) is 2. The van der Waals surface area contributed by atoms with Crippen LogP contribution in [0.25, 0.3) is 11.3 Å². The molecule has 3 aromatic rings. The number of nitrogens with zero attached hydrogens (tertiary/aromatic N) is 3. The number of carbonyl (C=O) groups excluding carboxylic acids is 2. The van der Waals surface area contributed by atoms with E-state index in [-0.39, 0.29) is 36.0 Å². The van der Waals surface area contributed by atoms with Crippen molar-refractivity contribution in [3.63, 3.8) is 0 Å². The third-order valence-corrected chi connectivity index (χ3v) is 7.55. The zero-order valence-electron chi connectivity index (χ0n) is 25.5. The van der Waals surface area contributed by atoms with Crippen LogP contribution < -0.4 is 15.4 Å². The Balaban J connectivity index is 1.59. The van der Waals surface area contributed by atoms with Gasteiger partial charge in [-0.25, -0.2) is 4.79 Å². The predicted molar refractivity (Wildman–Crippen MR) is 166 cm³/mol. The minimum absolute atomic E-state index is 0.00470. The fourth-order valence-electron chi connectivity index (χ4n) is 5.12. The molecule has 0 fully saturated rings. The third kappa shape index (κ3) is 8.08. The molecule has 4 rings (SSSR count). The lowest BCUT2D eigenvalue weighted by molar-refractivity contribution is 0.00922. The van der Waals surface area contributed by atoms with E-state index in [1.807, 2.05) is 32.0 Å². The van der Waals surface area contributed by atoms with E-state index in [9.17, 15) is 9.59 Å². The highest BCUT2D eigenvalue weighted by molar-refractivity contribution is 5.98. The molecule has 0 spiro atoms. The van der Waals surface area contributed by atoms with Crippen LogP contribution in [0.1, 0.15) is 43.6 Å². The molecule has 3 amide bonds. The summed E-state index contributed by atoms with van der Waals surface area (Å²) in [7, 11) is 3.48. The van der Waals surface area contributed by atoms with E-state index in [4.69, 9.17) is 9.47 Å². The summed E-state index contributed by atoms with van der Waals surface area (Å²) in [5.74, 6) is 0.434. The van der Waals surface area contributed by atoms with Crippen LogP contribution >= 0.6 is 0 Å². The number of likely N-dealkylation sites (N-methyl/N-ethyl adjacent to an activating group) is 1. The molecule has 1 aliphatic heterocycles. The van der Waals surface area contributed by atoms with Gasteiger partial charge in [0.2, 0.25) is 0 Å². The smallest absolute Gasteiger partial charge is 0.319 e. The maximum Gasteiger partial charge on any atom is 0.319 e. The molecule has 2 aromatic carbocycles. The molecule has 9 nitrogen and oxygen atoms in total. The zero-order valence-corrected chi connectivity index (χ0v) is 25.5. The van der Waals surface area contributed by atoms with Gasteiger partial charge in [0.1, 0.15) is 12.4 Å². The number of carbonyl (C=O) groups is 2. The maximum absolute atomic E-state index is 13.5. The number of hydrogen-bond acceptors (Lipinski definition) is 6. The van der Waals surface area contributed by atoms with Gasteiger partial charge in [-0.2, -0.15) is 0 Å². The number of fused-ring (bicyclic) bond motifs is 1. The Morgan fingerprint density at radius 1 is 1.10 bits per heavy atom. The highest BCUT2D eigenvalue weighted by Gasteiger charge is 2.28. The minimum atomic E-state index is -0.313. The summed E-state index contributed by atoms with van der Waals surface area (Å²) in [5, 5.41) is 5.65. The van der Waals surface area contributed by atoms with Gasteiger partial charge < -0.3 is 25.0 Å². The molecule has 224 valence electrons. The fraction of sp³-hybridized carbons (Fsp3) is 0.424. The summed E-state index contributed by atoms with van der Waals surface area (Å²) in [5.41, 5.74) is 4.20. The van der Waals surface area contributed by atoms with Gasteiger partial charge in [-0.3, -0.25) is 14.7 Å². The third-order valence-electron chi connectivity index (χ3n) is 7.55. The first-order chi connectivity index (χ1) is 20.1. The molecule has 2 heterocycles. The van der Waals surface area contributed by atoms with E-state index in [1.54, 1.807) is 43.5 Å². The number of amides is 3. The van der Waals surface area contributed by atoms with Crippen LogP contribution in [0.2, 0.25) is 0 Å². The summed E-state index contributed by atoms with van der Waals surface area (Å²) in [6.07, 6.45) is 1.65. The van der Waals surface area contributed by atoms with Crippen molar-refractivity contribution in [2.24, 2.45) is 5.92 Å². The first-order valence-corrected chi connectivity index (χ1v) is 14.5. The van der Waals surface area contributed by atoms with Crippen LogP contribution in [0.15, 0.2) is 66.9 Å². The number of pyridine rings is 1. The van der Waals surface area contributed by atoms with Gasteiger partial charge in [0.25, 0.3) is 5.91 Å². The van der Waals surface area contributed by atoms with Gasteiger partial charge in [0, 0.05) is 69.4 Å². The second-order valence-corrected chi connectivity index (χ2v) is 11.4. The zero-order chi connectivity index (χ0) is 30.2. The number of rotatable bonds is 6. The number of aromatic nitrogens is 1. The number of anilines is 1. The number of urea groups is 1. The van der Waals surface area contributed by atoms with E-state index in [1.165, 1.54) is 5.56 Å². The van der Waals surface area contributed by atoms with Crippen molar-refractivity contribution in [3.05, 3.63) is 78.0 Å². The van der Waals surface area contributed by atoms with E-state index in [2.05, 4.69) is 58.6 Å². The van der Waals surface area contributed by atoms with E-state index >= 15 is 0 Å². The summed E-state index contributed by atoms with van der Waals surface area (Å²) < 4.78 is 12.2. The van der Waals surface area contributed by atoms with E-state index in [0.29, 0.717) is 30.2 Å². The summed E-state index contributed by atoms with van der Waals surface area (Å²) in [6.45, 7) is 10.4. The number of hydrogen-bond donors (Lipinski definition) is 2. The minimum Gasteiger partial charge on any atom is -0.491 e. The Morgan fingerprint density at radius 3 is 2.52 bits per heavy atom. The molecule has 0 saturated heterocycles. The molecule has 0 saturated carbocycles. The van der Waals surface area contributed by atoms with Gasteiger partial charge in [-0.1, -0.05) is 37.3 Å². The van der Waals surface area contributed by atoms with Crippen LogP contribution in [-0.2, 0) is 11.3 Å². The second-order valence-electron chi connectivity index (χ2n) is 11.4. The van der Waals surface area contributed by atoms with Crippen molar-refractivity contribution >= 4 is 17.6 Å². The Bertz CT molecular complexity index is 1330. The van der Waals surface area contributed by atoms with Gasteiger partial charge in [-0.15, -0.1) is 0 Å². The maximum atomic E-state index is 13.5. The van der Waals surface area contributed by atoms with Crippen molar-refractivity contribution < 1.29 is 19.1 Å². The Morgan fingerprint density at radius 2 is 1.86 bits per heavy atom. The van der Waals surface area contributed by atoms with Crippen LogP contribution in [0.5, 0.6) is 5.75 Å². The molecule has 42 heavy (non-hydrogen) atoms. The van der Waals surface area contributed by atoms with Crippen molar-refractivity contribution in [1.82, 2.24) is 20.1 Å². The fourth-order valence-corrected chi connectivity index (χ4v) is 5.12. The monoisotopic (exact) mass is 573 g/mol. The van der Waals surface area contributed by atoms with Gasteiger partial charge in [0.05, 0.1) is 17.4 Å². The molecule has 0 radical (unpaired) electrons. The number of methoxy groups -OCH3 is 1. The van der Waals surface area contributed by atoms with Crippen LogP contribution in [-0.4, -0.2) is 78.8 Å². The number of benzene rings is 2. The van der Waals surface area contributed by atoms with E-state index < -0.39 is 0 Å². The lowest BCUT2D eigenvalue weighted by Gasteiger charge is -2.36. The molecule has 0 unspecified atom stereocenters. The highest BCUT2D eigenvalue weighted by Crippen LogP contribution is 2.27. The first-order valence-electron chi connectivity index (χ1n) is 14.5. The molecular weight excluding hydrogens is 530 g/mol. The molecule has 1 aliphatic rings. The lowest BCUT2D eigenvalue weighted by atomic mass is 10.0. The molecule has 0 bridgehead atoms. The van der Waals surface area contributed by atoms with Crippen LogP contribution in [0.4, 0.5) is 10.5 Å². The topological polar surface area (TPSA) is 96.0 Å². The summed E-state index contributed by atoms with van der Waals surface area (Å²) >= 11 is 0. The molecule has 3 atom stereocenters. The van der Waals surface area contributed by atoms with Crippen molar-refractivity contribution in [1.29, 1.82) is 0 Å². The van der Waals surface area contributed by atoms with Crippen molar-refractivity contribution in [3.8, 4) is 17.0 Å². The largest absolute Gasteiger partial charge is 0.491 e. The lowest BCUT2D eigenvalue weighted by Crippen LogP contribution is -2.46. The van der Waals surface area contributed by atoms with Crippen LogP contribution in [0, 0.1) is 5.92 Å². The average molecular weight is 574 g/mol. The molecular formula is C33H43N5O4. The standard InChI is InChI=1S/C33H43N5O4/c1-22(2)35-33(40)36-27-14-15-28-30(17-27)42-21-24(4)38(18-23(3)31(41-6)20-37(5)32(28)39)19-25-10-12-26(13-11-25)29-9-7-8-16-34-29/h7-17,22-24,31H,18-21H2,1-6H3,(H2,35,36,40)/t23-,24-,31-/m0/s1. The van der Waals surface area contributed by atoms with Gasteiger partial charge in [-0.05, 0) is 56.5 Å². The molecule has 1 aromatic heterocycles. The summed E-state index contributed by atoms with van der Waals surface area (Å²) in [4.78, 5) is 34.4. The van der Waals surface area contributed by atoms with Crippen molar-refractivity contribution in [2.75, 3.05) is 39.2 Å². The van der Waals surface area contributed by atoms with Gasteiger partial charge in [0.15, 0.2) is 0 Å². The number of ether oxygens (including phenoxy) is 2.